The van der Waals surface area contributed by atoms with Gasteiger partial charge < -0.3 is 5.48 Å². The molecule has 0 saturated carbocycles. The quantitative estimate of drug-likeness (QED) is 0.667. The van der Waals surface area contributed by atoms with Crippen LogP contribution >= 0.6 is 0 Å². The van der Waals surface area contributed by atoms with E-state index in [1.165, 1.54) is 20.8 Å². The molecule has 0 aliphatic carbocycles. The lowest BCUT2D eigenvalue weighted by molar-refractivity contribution is -0.126. The molecule has 7 nitrogen and oxygen atoms in total. The first-order valence-corrected chi connectivity index (χ1v) is 5.64. The molecule has 7 heteroatoms. The van der Waals surface area contributed by atoms with Crippen LogP contribution in [-0.4, -0.2) is 40.2 Å². The van der Waals surface area contributed by atoms with Gasteiger partial charge in [0.1, 0.15) is 34.7 Å². The van der Waals surface area contributed by atoms with Crippen LogP contribution in [0.15, 0.2) is 0 Å². The molecule has 144 valence electrons. The summed E-state index contributed by atoms with van der Waals surface area (Å²) in [7, 11) is 0. The Hall–Kier alpha value is -2.02. The van der Waals surface area contributed by atoms with Crippen LogP contribution < -0.4 is 0 Å². The van der Waals surface area contributed by atoms with Crippen molar-refractivity contribution < 1.29 is 45.2 Å². The predicted octanol–water partition coefficient (Wildman–Crippen LogP) is 2.11. The minimum absolute atomic E-state index is 0. The predicted molar refractivity (Wildman–Crippen MR) is 95.0 cm³/mol. The van der Waals surface area contributed by atoms with Gasteiger partial charge in [0.2, 0.25) is 0 Å². The third-order valence-corrected chi connectivity index (χ3v) is 1.20. The molecule has 0 aromatic heterocycles. The Labute approximate surface area is 156 Å². The summed E-state index contributed by atoms with van der Waals surface area (Å²) in [4.78, 5) is 62.1. The highest BCUT2D eigenvalue weighted by atomic mass is 16.2. The van der Waals surface area contributed by atoms with E-state index in [1.807, 2.05) is 0 Å². The second kappa shape index (κ2) is 23.2. The van der Waals surface area contributed by atoms with E-state index >= 15 is 0 Å². The first kappa shape index (κ1) is 16.8. The SMILES string of the molecule is C.C.CC(=O)CC(C)=O.O.[2H]C([2H])([2H])C(=O)C([2H])([2H])C(C)=O.[2H]C([2H])([2H])C(=O)CC(C)=O. The molecule has 0 spiro atoms. The maximum absolute atomic E-state index is 10.8. The van der Waals surface area contributed by atoms with Crippen molar-refractivity contribution in [3.8, 4) is 0 Å². The molecule has 0 aliphatic rings. The van der Waals surface area contributed by atoms with Crippen molar-refractivity contribution in [1.29, 1.82) is 0 Å². The van der Waals surface area contributed by atoms with E-state index < -0.39 is 49.6 Å². The summed E-state index contributed by atoms with van der Waals surface area (Å²) >= 11 is 0. The third kappa shape index (κ3) is 72.3. The Balaban J connectivity index is -0.0000000779. The third-order valence-electron chi connectivity index (χ3n) is 1.20. The van der Waals surface area contributed by atoms with E-state index in [-0.39, 0.29) is 38.3 Å². The maximum Gasteiger partial charge on any atom is 0.137 e. The van der Waals surface area contributed by atoms with Gasteiger partial charge in [0, 0.05) is 11.0 Å². The van der Waals surface area contributed by atoms with E-state index in [1.54, 1.807) is 0 Å². The van der Waals surface area contributed by atoms with Gasteiger partial charge in [-0.25, -0.2) is 0 Å². The number of carbonyl (C=O) groups excluding carboxylic acids is 6. The zero-order chi connectivity index (χ0) is 24.4. The van der Waals surface area contributed by atoms with Gasteiger partial charge in [-0.2, -0.15) is 0 Å². The van der Waals surface area contributed by atoms with Crippen LogP contribution in [0.25, 0.3) is 0 Å². The van der Waals surface area contributed by atoms with Gasteiger partial charge in [-0.1, -0.05) is 14.9 Å². The van der Waals surface area contributed by atoms with Gasteiger partial charge in [0.15, 0.2) is 0 Å². The topological polar surface area (TPSA) is 134 Å². The van der Waals surface area contributed by atoms with E-state index in [0.29, 0.717) is 0 Å². The fourth-order valence-electron chi connectivity index (χ4n) is 0.737. The monoisotopic (exact) mass is 358 g/mol. The first-order valence-electron chi connectivity index (χ1n) is 9.64. The smallest absolute Gasteiger partial charge is 0.137 e. The minimum atomic E-state index is -3.06. The van der Waals surface area contributed by atoms with Crippen LogP contribution in [0.1, 0.15) is 86.4 Å². The zero-order valence-corrected chi connectivity index (χ0v) is 12.9. The lowest BCUT2D eigenvalue weighted by atomic mass is 10.2. The van der Waals surface area contributed by atoms with Gasteiger partial charge in [-0.3, -0.25) is 28.8 Å². The highest BCUT2D eigenvalue weighted by molar-refractivity contribution is 5.97. The summed E-state index contributed by atoms with van der Waals surface area (Å²) in [5.74, 6) is -4.28. The molecule has 0 fully saturated rings. The van der Waals surface area contributed by atoms with E-state index in [9.17, 15) is 28.8 Å². The molecule has 0 unspecified atom stereocenters. The summed E-state index contributed by atoms with van der Waals surface area (Å²) in [5, 5.41) is 0. The minimum Gasteiger partial charge on any atom is -0.412 e. The molecule has 0 aliphatic heterocycles. The maximum atomic E-state index is 10.8. The van der Waals surface area contributed by atoms with Crippen molar-refractivity contribution in [2.24, 2.45) is 0 Å². The lowest BCUT2D eigenvalue weighted by Gasteiger charge is -1.81. The van der Waals surface area contributed by atoms with E-state index in [2.05, 4.69) is 0 Å². The summed E-state index contributed by atoms with van der Waals surface area (Å²) in [6, 6.07) is 0. The fourth-order valence-corrected chi connectivity index (χ4v) is 0.737. The normalized spacial score (nSPS) is 13.8. The van der Waals surface area contributed by atoms with Gasteiger partial charge in [0.25, 0.3) is 0 Å². The fraction of sp³-hybridized carbons (Fsp3) is 0.647. The Morgan fingerprint density at radius 3 is 1.00 bits per heavy atom. The average molecular weight is 359 g/mol. The molecule has 0 atom stereocenters. The van der Waals surface area contributed by atoms with Crippen molar-refractivity contribution in [1.82, 2.24) is 0 Å². The number of rotatable bonds is 6. The van der Waals surface area contributed by atoms with E-state index in [4.69, 9.17) is 11.0 Å². The van der Waals surface area contributed by atoms with Crippen LogP contribution in [0.2, 0.25) is 0 Å². The molecular formula is C17H34O7. The number of Topliss-reactive ketones (excluding diaryl/α,β-unsaturated/α-hetero) is 6. The molecular weight excluding hydrogens is 316 g/mol. The standard InChI is InChI=1S/3C5H8O2.2CH4.H2O/c3*1-4(6)3-5(2)7;;;/h3*3H2,1-2H3;2*1H4;1H2/i1D3,3D2;1D3;;;;. The first-order chi connectivity index (χ1) is 12.6. The number of ketones is 6. The Morgan fingerprint density at radius 1 is 0.625 bits per heavy atom. The number of carbonyl (C=O) groups is 6. The molecule has 24 heavy (non-hydrogen) atoms. The van der Waals surface area contributed by atoms with Crippen molar-refractivity contribution >= 4 is 34.7 Å². The highest BCUT2D eigenvalue weighted by Crippen LogP contribution is 1.81. The lowest BCUT2D eigenvalue weighted by Crippen LogP contribution is -1.97. The average Bonchev–Trinajstić information content (AvgIpc) is 2.43. The summed E-state index contributed by atoms with van der Waals surface area (Å²) in [5.41, 5.74) is 0. The number of hydrogen-bond donors (Lipinski definition) is 0. The van der Waals surface area contributed by atoms with Crippen LogP contribution in [0, 0.1) is 0 Å². The van der Waals surface area contributed by atoms with Crippen LogP contribution in [0.5, 0.6) is 0 Å². The van der Waals surface area contributed by atoms with Gasteiger partial charge >= 0.3 is 0 Å². The van der Waals surface area contributed by atoms with Gasteiger partial charge in [-0.05, 0) is 41.4 Å². The molecule has 0 heterocycles. The highest BCUT2D eigenvalue weighted by Gasteiger charge is 1.95. The molecule has 0 aromatic carbocycles. The summed E-state index contributed by atoms with van der Waals surface area (Å²) in [6.45, 7) is -0.850. The molecule has 0 radical (unpaired) electrons. The summed E-state index contributed by atoms with van der Waals surface area (Å²) < 4.78 is 53.1. The van der Waals surface area contributed by atoms with Crippen molar-refractivity contribution in [2.45, 2.75) is 75.5 Å². The molecule has 0 rings (SSSR count). The van der Waals surface area contributed by atoms with Gasteiger partial charge in [0.05, 0.1) is 19.2 Å². The Kier molecular flexibility index (Phi) is 16.3. The van der Waals surface area contributed by atoms with Crippen LogP contribution in [0.4, 0.5) is 0 Å². The van der Waals surface area contributed by atoms with Crippen molar-refractivity contribution in [2.75, 3.05) is 0 Å². The molecule has 0 saturated heterocycles. The van der Waals surface area contributed by atoms with Crippen LogP contribution in [0.3, 0.4) is 0 Å². The molecule has 0 aromatic rings. The Bertz CT molecular complexity index is 638. The van der Waals surface area contributed by atoms with E-state index in [0.717, 1.165) is 6.92 Å². The number of hydrogen-bond acceptors (Lipinski definition) is 6. The molecule has 0 amide bonds. The van der Waals surface area contributed by atoms with Crippen molar-refractivity contribution in [3.05, 3.63) is 0 Å². The Morgan fingerprint density at radius 2 is 0.917 bits per heavy atom. The van der Waals surface area contributed by atoms with Gasteiger partial charge in [-0.15, -0.1) is 0 Å². The zero-order valence-electron chi connectivity index (χ0n) is 20.9. The summed E-state index contributed by atoms with van der Waals surface area (Å²) in [6.07, 6.45) is -3.30. The molecule has 2 N–H and O–H groups in total. The second-order valence-electron chi connectivity index (χ2n) is 3.89. The largest absolute Gasteiger partial charge is 0.412 e. The molecule has 0 bridgehead atoms. The second-order valence-corrected chi connectivity index (χ2v) is 3.89. The van der Waals surface area contributed by atoms with Crippen LogP contribution in [-0.2, 0) is 28.8 Å². The van der Waals surface area contributed by atoms with Crippen molar-refractivity contribution in [3.63, 3.8) is 0 Å².